The minimum absolute atomic E-state index is 0.360. The molecule has 0 atom stereocenters. The van der Waals surface area contributed by atoms with Crippen molar-refractivity contribution in [3.63, 3.8) is 0 Å². The molecule has 0 fully saturated rings. The van der Waals surface area contributed by atoms with Crippen LogP contribution in [0.15, 0.2) is 31.9 Å². The first-order valence-corrected chi connectivity index (χ1v) is 5.57. The normalized spacial score (nSPS) is 10.5. The Morgan fingerprint density at radius 1 is 1.21 bits per heavy atom. The molecule has 0 amide bonds. The van der Waals surface area contributed by atoms with Gasteiger partial charge in [-0.15, -0.1) is 10.2 Å². The number of nitrogens with zero attached hydrogens (tertiary/aromatic N) is 2. The van der Waals surface area contributed by atoms with Crippen LogP contribution in [-0.2, 0) is 0 Å². The van der Waals surface area contributed by atoms with Gasteiger partial charge in [-0.05, 0) is 34.1 Å². The molecule has 1 aromatic carbocycles. The van der Waals surface area contributed by atoms with Gasteiger partial charge in [-0.25, -0.2) is 0 Å². The summed E-state index contributed by atoms with van der Waals surface area (Å²) in [5.74, 6) is 0.453. The van der Waals surface area contributed by atoms with E-state index in [1.165, 1.54) is 0 Å². The molecule has 0 saturated heterocycles. The zero-order valence-electron chi connectivity index (χ0n) is 6.67. The van der Waals surface area contributed by atoms with Gasteiger partial charge >= 0.3 is 0 Å². The average molecular weight is 338 g/mol. The lowest BCUT2D eigenvalue weighted by Crippen LogP contribution is -1.78. The van der Waals surface area contributed by atoms with Gasteiger partial charge in [0.25, 0.3) is 4.80 Å². The molecule has 0 unspecified atom stereocenters. The Labute approximate surface area is 102 Å². The molecule has 2 rings (SSSR count). The summed E-state index contributed by atoms with van der Waals surface area (Å²) >= 11 is 12.3. The molecule has 14 heavy (non-hydrogen) atoms. The molecule has 72 valence electrons. The van der Waals surface area contributed by atoms with Gasteiger partial charge in [-0.3, -0.25) is 0 Å². The third kappa shape index (κ3) is 1.99. The van der Waals surface area contributed by atoms with Crippen LogP contribution in [0.3, 0.4) is 0 Å². The van der Waals surface area contributed by atoms with Crippen molar-refractivity contribution < 1.29 is 4.42 Å². The monoisotopic (exact) mass is 336 g/mol. The molecule has 0 saturated carbocycles. The number of rotatable bonds is 1. The van der Waals surface area contributed by atoms with Gasteiger partial charge in [-0.1, -0.05) is 11.6 Å². The zero-order valence-corrected chi connectivity index (χ0v) is 10.6. The lowest BCUT2D eigenvalue weighted by Gasteiger charge is -1.97. The van der Waals surface area contributed by atoms with Gasteiger partial charge in [0.15, 0.2) is 0 Å². The van der Waals surface area contributed by atoms with Crippen LogP contribution in [0.25, 0.3) is 11.5 Å². The minimum Gasteiger partial charge on any atom is -0.411 e. The Morgan fingerprint density at radius 2 is 2.00 bits per heavy atom. The Hall–Kier alpha value is -0.390. The second-order valence-corrected chi connectivity index (χ2v) is 4.43. The molecule has 0 aliphatic heterocycles. The number of halogens is 3. The molecular formula is C8H3Br2ClN2O. The summed E-state index contributed by atoms with van der Waals surface area (Å²) < 4.78 is 5.99. The quantitative estimate of drug-likeness (QED) is 0.791. The molecule has 1 heterocycles. The fourth-order valence-electron chi connectivity index (χ4n) is 0.951. The highest BCUT2D eigenvalue weighted by atomic mass is 79.9. The van der Waals surface area contributed by atoms with Crippen molar-refractivity contribution in [1.82, 2.24) is 10.2 Å². The van der Waals surface area contributed by atoms with E-state index in [0.717, 1.165) is 10.0 Å². The highest BCUT2D eigenvalue weighted by molar-refractivity contribution is 9.10. The van der Waals surface area contributed by atoms with Gasteiger partial charge in [0.05, 0.1) is 5.02 Å². The van der Waals surface area contributed by atoms with E-state index in [2.05, 4.69) is 42.1 Å². The standard InChI is InChI=1S/C8H3Br2ClN2O/c9-5-3-4(1-2-6(5)11)7-12-13-8(10)14-7/h1-3H. The van der Waals surface area contributed by atoms with E-state index in [4.69, 9.17) is 16.0 Å². The van der Waals surface area contributed by atoms with E-state index in [1.54, 1.807) is 6.07 Å². The van der Waals surface area contributed by atoms with Crippen LogP contribution in [0.4, 0.5) is 0 Å². The Morgan fingerprint density at radius 3 is 2.57 bits per heavy atom. The predicted molar refractivity (Wildman–Crippen MR) is 60.1 cm³/mol. The zero-order chi connectivity index (χ0) is 10.1. The minimum atomic E-state index is 0.360. The molecule has 3 nitrogen and oxygen atoms in total. The van der Waals surface area contributed by atoms with Crippen molar-refractivity contribution in [2.75, 3.05) is 0 Å². The first-order chi connectivity index (χ1) is 6.66. The second kappa shape index (κ2) is 4.00. The van der Waals surface area contributed by atoms with Crippen molar-refractivity contribution in [1.29, 1.82) is 0 Å². The van der Waals surface area contributed by atoms with Crippen LogP contribution >= 0.6 is 43.5 Å². The number of aromatic nitrogens is 2. The average Bonchev–Trinajstić information content (AvgIpc) is 2.57. The van der Waals surface area contributed by atoms with E-state index >= 15 is 0 Å². The fraction of sp³-hybridized carbons (Fsp3) is 0. The molecule has 0 aliphatic rings. The second-order valence-electron chi connectivity index (χ2n) is 2.49. The molecule has 0 radical (unpaired) electrons. The SMILES string of the molecule is Clc1ccc(-c2nnc(Br)o2)cc1Br. The van der Waals surface area contributed by atoms with E-state index in [-0.39, 0.29) is 0 Å². The molecular weight excluding hydrogens is 335 g/mol. The van der Waals surface area contributed by atoms with Crippen molar-refractivity contribution in [2.45, 2.75) is 0 Å². The molecule has 1 aromatic heterocycles. The van der Waals surface area contributed by atoms with Crippen molar-refractivity contribution in [2.24, 2.45) is 0 Å². The number of hydrogen-bond acceptors (Lipinski definition) is 3. The maximum absolute atomic E-state index is 5.85. The summed E-state index contributed by atoms with van der Waals surface area (Å²) in [6.07, 6.45) is 0. The van der Waals surface area contributed by atoms with Crippen LogP contribution in [0.2, 0.25) is 5.02 Å². The van der Waals surface area contributed by atoms with Gasteiger partial charge in [0, 0.05) is 26.0 Å². The largest absolute Gasteiger partial charge is 0.411 e. The molecule has 0 N–H and O–H groups in total. The lowest BCUT2D eigenvalue weighted by atomic mass is 10.2. The lowest BCUT2D eigenvalue weighted by molar-refractivity contribution is 0.540. The summed E-state index contributed by atoms with van der Waals surface area (Å²) in [5, 5.41) is 8.17. The molecule has 2 aromatic rings. The Balaban J connectivity index is 2.47. The van der Waals surface area contributed by atoms with Gasteiger partial charge < -0.3 is 4.42 Å². The first kappa shape index (κ1) is 10.1. The van der Waals surface area contributed by atoms with Crippen LogP contribution in [0.1, 0.15) is 0 Å². The molecule has 0 bridgehead atoms. The van der Waals surface area contributed by atoms with E-state index in [1.807, 2.05) is 12.1 Å². The predicted octanol–water partition coefficient (Wildman–Crippen LogP) is 3.92. The smallest absolute Gasteiger partial charge is 0.285 e. The molecule has 0 spiro atoms. The number of hydrogen-bond donors (Lipinski definition) is 0. The van der Waals surface area contributed by atoms with Crippen molar-refractivity contribution in [3.8, 4) is 11.5 Å². The maximum atomic E-state index is 5.85. The van der Waals surface area contributed by atoms with Crippen molar-refractivity contribution in [3.05, 3.63) is 32.5 Å². The van der Waals surface area contributed by atoms with Gasteiger partial charge in [0.2, 0.25) is 5.89 Å². The summed E-state index contributed by atoms with van der Waals surface area (Å²) in [5.41, 5.74) is 0.819. The van der Waals surface area contributed by atoms with Crippen LogP contribution in [0, 0.1) is 0 Å². The highest BCUT2D eigenvalue weighted by Gasteiger charge is 2.07. The summed E-state index contributed by atoms with van der Waals surface area (Å²) in [7, 11) is 0. The van der Waals surface area contributed by atoms with Crippen LogP contribution in [0.5, 0.6) is 0 Å². The topological polar surface area (TPSA) is 38.9 Å². The van der Waals surface area contributed by atoms with Gasteiger partial charge in [0.1, 0.15) is 0 Å². The first-order valence-electron chi connectivity index (χ1n) is 3.61. The maximum Gasteiger partial charge on any atom is 0.285 e. The van der Waals surface area contributed by atoms with Crippen LogP contribution in [-0.4, -0.2) is 10.2 Å². The Kier molecular flexibility index (Phi) is 2.90. The van der Waals surface area contributed by atoms with E-state index in [9.17, 15) is 0 Å². The fourth-order valence-corrected chi connectivity index (χ4v) is 1.68. The van der Waals surface area contributed by atoms with E-state index < -0.39 is 0 Å². The van der Waals surface area contributed by atoms with E-state index in [0.29, 0.717) is 15.7 Å². The van der Waals surface area contributed by atoms with Crippen LogP contribution < -0.4 is 0 Å². The summed E-state index contributed by atoms with van der Waals surface area (Å²) in [6, 6.07) is 5.40. The molecule has 6 heteroatoms. The summed E-state index contributed by atoms with van der Waals surface area (Å²) in [4.78, 5) is 0.360. The highest BCUT2D eigenvalue weighted by Crippen LogP contribution is 2.28. The van der Waals surface area contributed by atoms with Gasteiger partial charge in [-0.2, -0.15) is 0 Å². The third-order valence-corrected chi connectivity index (χ3v) is 3.10. The molecule has 0 aliphatic carbocycles. The number of benzene rings is 1. The summed E-state index contributed by atoms with van der Waals surface area (Å²) in [6.45, 7) is 0. The van der Waals surface area contributed by atoms with Crippen molar-refractivity contribution >= 4 is 43.5 Å². The third-order valence-electron chi connectivity index (χ3n) is 1.57. The Bertz CT molecular complexity index is 472.